The van der Waals surface area contributed by atoms with Crippen LogP contribution in [0.25, 0.3) is 28.0 Å². The molecule has 2 unspecified atom stereocenters. The first-order chi connectivity index (χ1) is 17.3. The standard InChI is InChI=1S/C24H23Cl2N7O2S/c1-30(2)36(34,35)32-13-17-11-18(32)12-31(17)24-22-21(27-14-28-24)23(15-7-9-16(25)10-8-15)33(29-22)20-6-4-3-5-19(20)26/h3-10,14,17-18H,11-13H2,1-2H3. The van der Waals surface area contributed by atoms with Gasteiger partial charge in [-0.25, -0.2) is 14.6 Å². The van der Waals surface area contributed by atoms with Crippen molar-refractivity contribution in [3.63, 3.8) is 0 Å². The highest BCUT2D eigenvalue weighted by Crippen LogP contribution is 2.40. The molecule has 12 heteroatoms. The van der Waals surface area contributed by atoms with E-state index in [1.165, 1.54) is 10.6 Å². The Morgan fingerprint density at radius 1 is 0.944 bits per heavy atom. The van der Waals surface area contributed by atoms with Crippen LogP contribution in [0, 0.1) is 0 Å². The summed E-state index contributed by atoms with van der Waals surface area (Å²) in [6.45, 7) is 0.949. The summed E-state index contributed by atoms with van der Waals surface area (Å²) in [5.41, 5.74) is 3.70. The van der Waals surface area contributed by atoms with E-state index in [2.05, 4.69) is 14.9 Å². The van der Waals surface area contributed by atoms with E-state index in [1.54, 1.807) is 23.1 Å². The van der Waals surface area contributed by atoms with Crippen molar-refractivity contribution in [3.8, 4) is 16.9 Å². The van der Waals surface area contributed by atoms with Gasteiger partial charge in [-0.1, -0.05) is 47.5 Å². The van der Waals surface area contributed by atoms with Crippen molar-refractivity contribution in [2.45, 2.75) is 18.5 Å². The number of nitrogens with zero attached hydrogens (tertiary/aromatic N) is 7. The van der Waals surface area contributed by atoms with Gasteiger partial charge in [-0.2, -0.15) is 22.1 Å². The lowest BCUT2D eigenvalue weighted by Gasteiger charge is -2.35. The Morgan fingerprint density at radius 2 is 1.69 bits per heavy atom. The van der Waals surface area contributed by atoms with E-state index >= 15 is 0 Å². The molecule has 4 heterocycles. The number of fused-ring (bicyclic) bond motifs is 3. The van der Waals surface area contributed by atoms with Crippen LogP contribution in [0.3, 0.4) is 0 Å². The topological polar surface area (TPSA) is 87.5 Å². The van der Waals surface area contributed by atoms with Crippen molar-refractivity contribution in [2.75, 3.05) is 32.1 Å². The molecule has 2 aliphatic heterocycles. The fraction of sp³-hybridized carbons (Fsp3) is 0.292. The van der Waals surface area contributed by atoms with Crippen molar-refractivity contribution in [2.24, 2.45) is 0 Å². The molecular weight excluding hydrogens is 521 g/mol. The predicted molar refractivity (Wildman–Crippen MR) is 141 cm³/mol. The molecule has 0 saturated carbocycles. The Balaban J connectivity index is 1.48. The molecule has 0 radical (unpaired) electrons. The highest BCUT2D eigenvalue weighted by molar-refractivity contribution is 7.86. The normalized spacial score (nSPS) is 20.2. The van der Waals surface area contributed by atoms with Gasteiger partial charge in [0.1, 0.15) is 17.5 Å². The summed E-state index contributed by atoms with van der Waals surface area (Å²) in [7, 11) is -0.352. The molecule has 2 bridgehead atoms. The molecule has 2 aromatic heterocycles. The summed E-state index contributed by atoms with van der Waals surface area (Å²) in [4.78, 5) is 11.4. The number of aromatic nitrogens is 4. The van der Waals surface area contributed by atoms with E-state index in [9.17, 15) is 8.42 Å². The van der Waals surface area contributed by atoms with Gasteiger partial charge < -0.3 is 4.90 Å². The third-order valence-electron chi connectivity index (χ3n) is 6.86. The maximum atomic E-state index is 12.8. The molecule has 36 heavy (non-hydrogen) atoms. The van der Waals surface area contributed by atoms with Gasteiger partial charge in [0.15, 0.2) is 11.3 Å². The van der Waals surface area contributed by atoms with Gasteiger partial charge in [-0.3, -0.25) is 0 Å². The van der Waals surface area contributed by atoms with E-state index in [-0.39, 0.29) is 12.1 Å². The van der Waals surface area contributed by atoms with E-state index < -0.39 is 10.2 Å². The van der Waals surface area contributed by atoms with Crippen LogP contribution < -0.4 is 4.90 Å². The van der Waals surface area contributed by atoms with Crippen LogP contribution >= 0.6 is 23.2 Å². The zero-order valence-corrected chi connectivity index (χ0v) is 21.9. The lowest BCUT2D eigenvalue weighted by Crippen LogP contribution is -2.52. The second-order valence-electron chi connectivity index (χ2n) is 9.17. The van der Waals surface area contributed by atoms with Gasteiger partial charge >= 0.3 is 0 Å². The van der Waals surface area contributed by atoms with E-state index in [0.717, 1.165) is 23.4 Å². The average molecular weight is 544 g/mol. The molecule has 2 atom stereocenters. The van der Waals surface area contributed by atoms with Crippen LogP contribution in [0.2, 0.25) is 10.0 Å². The van der Waals surface area contributed by atoms with Crippen molar-refractivity contribution in [1.82, 2.24) is 28.4 Å². The van der Waals surface area contributed by atoms with Crippen molar-refractivity contribution < 1.29 is 8.42 Å². The Labute approximate surface area is 219 Å². The number of rotatable bonds is 5. The number of hydrogen-bond acceptors (Lipinski definition) is 6. The fourth-order valence-electron chi connectivity index (χ4n) is 5.14. The lowest BCUT2D eigenvalue weighted by atomic mass is 10.1. The van der Waals surface area contributed by atoms with E-state index in [0.29, 0.717) is 40.0 Å². The zero-order chi connectivity index (χ0) is 25.2. The summed E-state index contributed by atoms with van der Waals surface area (Å²) in [6.07, 6.45) is 2.28. The Hall–Kier alpha value is -2.76. The number of hydrogen-bond donors (Lipinski definition) is 0. The summed E-state index contributed by atoms with van der Waals surface area (Å²) in [5, 5.41) is 6.15. The van der Waals surface area contributed by atoms with Gasteiger partial charge in [0.05, 0.1) is 10.7 Å². The fourth-order valence-corrected chi connectivity index (χ4v) is 6.79. The predicted octanol–water partition coefficient (Wildman–Crippen LogP) is 3.86. The molecule has 0 N–H and O–H groups in total. The Kier molecular flexibility index (Phi) is 5.69. The third-order valence-corrected chi connectivity index (χ3v) is 9.39. The lowest BCUT2D eigenvalue weighted by molar-refractivity contribution is 0.341. The summed E-state index contributed by atoms with van der Waals surface area (Å²) >= 11 is 12.7. The molecule has 2 aliphatic rings. The molecule has 4 aromatic rings. The van der Waals surface area contributed by atoms with Gasteiger partial charge in [0.2, 0.25) is 0 Å². The van der Waals surface area contributed by atoms with Crippen molar-refractivity contribution in [3.05, 3.63) is 64.9 Å². The maximum Gasteiger partial charge on any atom is 0.281 e. The number of anilines is 1. The summed E-state index contributed by atoms with van der Waals surface area (Å²) in [6, 6.07) is 14.9. The van der Waals surface area contributed by atoms with Gasteiger partial charge in [-0.05, 0) is 30.7 Å². The molecule has 0 amide bonds. The number of para-hydroxylation sites is 1. The third kappa shape index (κ3) is 3.67. The molecule has 2 saturated heterocycles. The monoisotopic (exact) mass is 543 g/mol. The van der Waals surface area contributed by atoms with E-state index in [1.807, 2.05) is 48.5 Å². The van der Waals surface area contributed by atoms with Gasteiger partial charge in [0.25, 0.3) is 10.2 Å². The molecular formula is C24H23Cl2N7O2S. The van der Waals surface area contributed by atoms with Crippen LogP contribution in [0.1, 0.15) is 6.42 Å². The minimum absolute atomic E-state index is 0.00673. The maximum absolute atomic E-state index is 12.8. The zero-order valence-electron chi connectivity index (χ0n) is 19.6. The van der Waals surface area contributed by atoms with Crippen molar-refractivity contribution >= 4 is 50.3 Å². The first-order valence-corrected chi connectivity index (χ1v) is 13.6. The number of benzene rings is 2. The average Bonchev–Trinajstić information content (AvgIpc) is 3.57. The molecule has 2 fully saturated rings. The van der Waals surface area contributed by atoms with Gasteiger partial charge in [0, 0.05) is 49.9 Å². The first-order valence-electron chi connectivity index (χ1n) is 11.5. The molecule has 186 valence electrons. The number of piperazine rings is 1. The van der Waals surface area contributed by atoms with Crippen LogP contribution in [-0.4, -0.2) is 76.0 Å². The van der Waals surface area contributed by atoms with Crippen LogP contribution in [-0.2, 0) is 10.2 Å². The molecule has 0 spiro atoms. The molecule has 0 aliphatic carbocycles. The Bertz CT molecular complexity index is 1570. The largest absolute Gasteiger partial charge is 0.349 e. The van der Waals surface area contributed by atoms with Crippen LogP contribution in [0.15, 0.2) is 54.9 Å². The first kappa shape index (κ1) is 23.6. The second-order valence-corrected chi connectivity index (χ2v) is 12.1. The van der Waals surface area contributed by atoms with Crippen LogP contribution in [0.4, 0.5) is 5.82 Å². The smallest absolute Gasteiger partial charge is 0.281 e. The molecule has 6 rings (SSSR count). The van der Waals surface area contributed by atoms with E-state index in [4.69, 9.17) is 28.3 Å². The SMILES string of the molecule is CN(C)S(=O)(=O)N1CC2CC1CN2c1ncnc2c(-c3ccc(Cl)cc3)n(-c3ccccc3Cl)nc12. The highest BCUT2D eigenvalue weighted by atomic mass is 35.5. The minimum atomic E-state index is -3.48. The van der Waals surface area contributed by atoms with Crippen LogP contribution in [0.5, 0.6) is 0 Å². The second kappa shape index (κ2) is 8.67. The Morgan fingerprint density at radius 3 is 2.36 bits per heavy atom. The minimum Gasteiger partial charge on any atom is -0.349 e. The van der Waals surface area contributed by atoms with Gasteiger partial charge in [-0.15, -0.1) is 0 Å². The quantitative estimate of drug-likeness (QED) is 0.379. The van der Waals surface area contributed by atoms with Crippen molar-refractivity contribution in [1.29, 1.82) is 0 Å². The summed E-state index contributed by atoms with van der Waals surface area (Å²) in [5.74, 6) is 0.690. The molecule has 2 aromatic carbocycles. The number of halogens is 2. The highest BCUT2D eigenvalue weighted by Gasteiger charge is 2.49. The molecule has 9 nitrogen and oxygen atoms in total. The summed E-state index contributed by atoms with van der Waals surface area (Å²) < 4.78 is 30.2.